The van der Waals surface area contributed by atoms with E-state index in [9.17, 15) is 0 Å². The first-order valence-electron chi connectivity index (χ1n) is 6.46. The maximum absolute atomic E-state index is 5.78. The van der Waals surface area contributed by atoms with Gasteiger partial charge in [0.15, 0.2) is 0 Å². The molecular weight excluding hydrogens is 246 g/mol. The number of hydrogen-bond acceptors (Lipinski definition) is 4. The molecule has 1 aliphatic rings. The fourth-order valence-corrected chi connectivity index (χ4v) is 2.44. The Bertz CT molecular complexity index is 399. The van der Waals surface area contributed by atoms with Gasteiger partial charge in [0.2, 0.25) is 0 Å². The summed E-state index contributed by atoms with van der Waals surface area (Å²) in [6.45, 7) is 2.08. The van der Waals surface area contributed by atoms with Crippen LogP contribution in [0.4, 0.5) is 0 Å². The van der Waals surface area contributed by atoms with Crippen molar-refractivity contribution in [3.63, 3.8) is 0 Å². The van der Waals surface area contributed by atoms with Crippen LogP contribution in [-0.2, 0) is 6.42 Å². The van der Waals surface area contributed by atoms with Crippen LogP contribution in [0, 0.1) is 5.92 Å². The molecular formula is C13H19N3OS. The van der Waals surface area contributed by atoms with E-state index in [-0.39, 0.29) is 6.10 Å². The molecule has 18 heavy (non-hydrogen) atoms. The summed E-state index contributed by atoms with van der Waals surface area (Å²) < 4.78 is 5.78. The number of hydrogen-bond donors (Lipinski definition) is 1. The minimum atomic E-state index is 0.197. The average Bonchev–Trinajstić information content (AvgIpc) is 2.40. The summed E-state index contributed by atoms with van der Waals surface area (Å²) >= 11 is 5.02. The molecule has 0 aliphatic heterocycles. The predicted octanol–water partition coefficient (Wildman–Crippen LogP) is 2.26. The Kier molecular flexibility index (Phi) is 4.47. The van der Waals surface area contributed by atoms with Crippen molar-refractivity contribution in [1.29, 1.82) is 0 Å². The van der Waals surface area contributed by atoms with Crippen molar-refractivity contribution >= 4 is 17.2 Å². The van der Waals surface area contributed by atoms with Crippen LogP contribution >= 0.6 is 12.2 Å². The zero-order valence-electron chi connectivity index (χ0n) is 10.6. The number of rotatable bonds is 4. The van der Waals surface area contributed by atoms with Crippen molar-refractivity contribution < 1.29 is 4.74 Å². The first kappa shape index (κ1) is 13.2. The van der Waals surface area contributed by atoms with Crippen LogP contribution in [0.15, 0.2) is 12.4 Å². The monoisotopic (exact) mass is 265 g/mol. The summed E-state index contributed by atoms with van der Waals surface area (Å²) in [5.41, 5.74) is 6.79. The maximum Gasteiger partial charge on any atom is 0.316 e. The summed E-state index contributed by atoms with van der Waals surface area (Å²) in [7, 11) is 0. The van der Waals surface area contributed by atoms with E-state index < -0.39 is 0 Å². The molecule has 98 valence electrons. The van der Waals surface area contributed by atoms with E-state index in [0.29, 0.717) is 16.9 Å². The Morgan fingerprint density at radius 2 is 1.94 bits per heavy atom. The Labute approximate surface area is 113 Å². The van der Waals surface area contributed by atoms with Gasteiger partial charge >= 0.3 is 6.01 Å². The van der Waals surface area contributed by atoms with Gasteiger partial charge in [-0.15, -0.1) is 0 Å². The molecule has 0 radical (unpaired) electrons. The van der Waals surface area contributed by atoms with Gasteiger partial charge in [0.05, 0.1) is 4.99 Å². The number of aromatic nitrogens is 2. The molecule has 1 heterocycles. The third-order valence-electron chi connectivity index (χ3n) is 3.44. The van der Waals surface area contributed by atoms with Gasteiger partial charge in [0.25, 0.3) is 0 Å². The molecule has 2 rings (SSSR count). The fourth-order valence-electron chi connectivity index (χ4n) is 2.20. The first-order chi connectivity index (χ1) is 8.69. The molecule has 0 unspecified atom stereocenters. The standard InChI is InChI=1S/C13H19N3OS/c1-2-9-7-15-13(16-8-9)17-11-5-3-10(4-6-11)12(14)18/h7-8,10-11H,2-6H2,1H3,(H2,14,18). The van der Waals surface area contributed by atoms with E-state index >= 15 is 0 Å². The molecule has 5 heteroatoms. The van der Waals surface area contributed by atoms with Crippen LogP contribution in [0.25, 0.3) is 0 Å². The van der Waals surface area contributed by atoms with E-state index in [4.69, 9.17) is 22.7 Å². The molecule has 0 atom stereocenters. The van der Waals surface area contributed by atoms with E-state index in [1.54, 1.807) is 0 Å². The number of ether oxygens (including phenoxy) is 1. The highest BCUT2D eigenvalue weighted by molar-refractivity contribution is 7.80. The highest BCUT2D eigenvalue weighted by Crippen LogP contribution is 2.26. The maximum atomic E-state index is 5.78. The van der Waals surface area contributed by atoms with Crippen molar-refractivity contribution in [1.82, 2.24) is 9.97 Å². The van der Waals surface area contributed by atoms with Gasteiger partial charge in [-0.1, -0.05) is 19.1 Å². The molecule has 0 aromatic carbocycles. The second-order valence-electron chi connectivity index (χ2n) is 4.72. The van der Waals surface area contributed by atoms with Crippen LogP contribution in [0.2, 0.25) is 0 Å². The van der Waals surface area contributed by atoms with Gasteiger partial charge in [-0.3, -0.25) is 0 Å². The summed E-state index contributed by atoms with van der Waals surface area (Å²) in [5.74, 6) is 0.378. The van der Waals surface area contributed by atoms with Crippen LogP contribution in [0.5, 0.6) is 6.01 Å². The van der Waals surface area contributed by atoms with Gasteiger partial charge in [-0.25, -0.2) is 9.97 Å². The van der Waals surface area contributed by atoms with E-state index in [0.717, 1.165) is 37.7 Å². The molecule has 1 aliphatic carbocycles. The lowest BCUT2D eigenvalue weighted by atomic mass is 9.87. The Morgan fingerprint density at radius 1 is 1.33 bits per heavy atom. The molecule has 1 aromatic rings. The van der Waals surface area contributed by atoms with Crippen LogP contribution in [0.3, 0.4) is 0 Å². The highest BCUT2D eigenvalue weighted by atomic mass is 32.1. The van der Waals surface area contributed by atoms with Crippen molar-refractivity contribution in [3.8, 4) is 6.01 Å². The van der Waals surface area contributed by atoms with Gasteiger partial charge in [-0.2, -0.15) is 0 Å². The molecule has 0 spiro atoms. The van der Waals surface area contributed by atoms with Crippen LogP contribution in [-0.4, -0.2) is 21.1 Å². The zero-order chi connectivity index (χ0) is 13.0. The zero-order valence-corrected chi connectivity index (χ0v) is 11.4. The molecule has 2 N–H and O–H groups in total. The van der Waals surface area contributed by atoms with Gasteiger partial charge in [0, 0.05) is 18.3 Å². The average molecular weight is 265 g/mol. The van der Waals surface area contributed by atoms with E-state index in [1.807, 2.05) is 12.4 Å². The molecule has 4 nitrogen and oxygen atoms in total. The SMILES string of the molecule is CCc1cnc(OC2CCC(C(N)=S)CC2)nc1. The third-order valence-corrected chi connectivity index (χ3v) is 3.77. The second kappa shape index (κ2) is 6.09. The summed E-state index contributed by atoms with van der Waals surface area (Å²) in [6.07, 6.45) is 8.75. The third kappa shape index (κ3) is 3.38. The number of thiocarbonyl (C=S) groups is 1. The minimum Gasteiger partial charge on any atom is -0.460 e. The second-order valence-corrected chi connectivity index (χ2v) is 5.19. The Balaban J connectivity index is 1.85. The lowest BCUT2D eigenvalue weighted by Crippen LogP contribution is -2.30. The lowest BCUT2D eigenvalue weighted by molar-refractivity contribution is 0.132. The van der Waals surface area contributed by atoms with E-state index in [2.05, 4.69) is 16.9 Å². The molecule has 1 fully saturated rings. The number of aryl methyl sites for hydroxylation is 1. The predicted molar refractivity (Wildman–Crippen MR) is 74.6 cm³/mol. The minimum absolute atomic E-state index is 0.197. The first-order valence-corrected chi connectivity index (χ1v) is 6.86. The van der Waals surface area contributed by atoms with Crippen molar-refractivity contribution in [3.05, 3.63) is 18.0 Å². The van der Waals surface area contributed by atoms with Crippen molar-refractivity contribution in [2.45, 2.75) is 45.1 Å². The summed E-state index contributed by atoms with van der Waals surface area (Å²) in [4.78, 5) is 9.06. The molecule has 0 amide bonds. The number of nitrogens with zero attached hydrogens (tertiary/aromatic N) is 2. The van der Waals surface area contributed by atoms with Gasteiger partial charge in [0.1, 0.15) is 6.10 Å². The molecule has 0 bridgehead atoms. The van der Waals surface area contributed by atoms with Gasteiger partial charge in [-0.05, 0) is 37.7 Å². The quantitative estimate of drug-likeness (QED) is 0.846. The topological polar surface area (TPSA) is 61.0 Å². The normalized spacial score (nSPS) is 23.6. The highest BCUT2D eigenvalue weighted by Gasteiger charge is 2.24. The Hall–Kier alpha value is -1.23. The van der Waals surface area contributed by atoms with Crippen molar-refractivity contribution in [2.24, 2.45) is 11.7 Å². The molecule has 0 saturated heterocycles. The lowest BCUT2D eigenvalue weighted by Gasteiger charge is -2.27. The Morgan fingerprint density at radius 3 is 2.44 bits per heavy atom. The summed E-state index contributed by atoms with van der Waals surface area (Å²) in [5, 5.41) is 0. The summed E-state index contributed by atoms with van der Waals surface area (Å²) in [6, 6.07) is 0.478. The van der Waals surface area contributed by atoms with Crippen molar-refractivity contribution in [2.75, 3.05) is 0 Å². The largest absolute Gasteiger partial charge is 0.460 e. The number of nitrogens with two attached hydrogens (primary N) is 1. The smallest absolute Gasteiger partial charge is 0.316 e. The molecule has 1 aromatic heterocycles. The van der Waals surface area contributed by atoms with E-state index in [1.165, 1.54) is 0 Å². The van der Waals surface area contributed by atoms with Crippen LogP contribution < -0.4 is 10.5 Å². The molecule has 1 saturated carbocycles. The van der Waals surface area contributed by atoms with Gasteiger partial charge < -0.3 is 10.5 Å². The fraction of sp³-hybridized carbons (Fsp3) is 0.615. The van der Waals surface area contributed by atoms with Crippen LogP contribution in [0.1, 0.15) is 38.2 Å².